The van der Waals surface area contributed by atoms with Crippen LogP contribution in [-0.4, -0.2) is 13.2 Å². The second-order valence-electron chi connectivity index (χ2n) is 3.00. The van der Waals surface area contributed by atoms with Crippen LogP contribution >= 0.6 is 0 Å². The van der Waals surface area contributed by atoms with E-state index in [0.717, 1.165) is 18.8 Å². The molecule has 0 N–H and O–H groups in total. The molecule has 12 heavy (non-hydrogen) atoms. The van der Waals surface area contributed by atoms with Crippen LogP contribution in [0.1, 0.15) is 17.0 Å². The first-order chi connectivity index (χ1) is 5.90. The Kier molecular flexibility index (Phi) is 1.85. The highest BCUT2D eigenvalue weighted by Crippen LogP contribution is 2.23. The van der Waals surface area contributed by atoms with Crippen LogP contribution in [0.25, 0.3) is 0 Å². The molecule has 1 aromatic rings. The van der Waals surface area contributed by atoms with E-state index >= 15 is 0 Å². The lowest BCUT2D eigenvalue weighted by atomic mass is 9.97. The van der Waals surface area contributed by atoms with E-state index in [1.807, 2.05) is 12.1 Å². The van der Waals surface area contributed by atoms with Crippen molar-refractivity contribution in [1.29, 1.82) is 0 Å². The summed E-state index contributed by atoms with van der Waals surface area (Å²) in [5.74, 6) is 3.19. The number of terminal acetylenes is 1. The van der Waals surface area contributed by atoms with Crippen LogP contribution in [0, 0.1) is 12.3 Å². The van der Waals surface area contributed by atoms with Crippen LogP contribution in [0.2, 0.25) is 0 Å². The summed E-state index contributed by atoms with van der Waals surface area (Å²) in [7, 11) is 0. The SMILES string of the molecule is C#Cc1ccc(C2COC2)cc1. The summed E-state index contributed by atoms with van der Waals surface area (Å²) in [5, 5.41) is 0. The van der Waals surface area contributed by atoms with Gasteiger partial charge < -0.3 is 4.74 Å². The highest BCUT2D eigenvalue weighted by Gasteiger charge is 2.19. The summed E-state index contributed by atoms with van der Waals surface area (Å²) in [4.78, 5) is 0. The van der Waals surface area contributed by atoms with Crippen LogP contribution in [0.5, 0.6) is 0 Å². The first kappa shape index (κ1) is 7.39. The highest BCUT2D eigenvalue weighted by atomic mass is 16.5. The molecule has 1 heteroatoms. The van der Waals surface area contributed by atoms with Crippen molar-refractivity contribution in [2.24, 2.45) is 0 Å². The standard InChI is InChI=1S/C11H10O/c1-2-9-3-5-10(6-4-9)11-7-12-8-11/h1,3-6,11H,7-8H2. The van der Waals surface area contributed by atoms with Gasteiger partial charge >= 0.3 is 0 Å². The zero-order valence-corrected chi connectivity index (χ0v) is 6.79. The molecule has 1 aromatic carbocycles. The monoisotopic (exact) mass is 158 g/mol. The van der Waals surface area contributed by atoms with Crippen LogP contribution in [0.4, 0.5) is 0 Å². The Bertz CT molecular complexity index is 301. The predicted molar refractivity (Wildman–Crippen MR) is 47.9 cm³/mol. The van der Waals surface area contributed by atoms with E-state index in [0.29, 0.717) is 5.92 Å². The van der Waals surface area contributed by atoms with Crippen molar-refractivity contribution in [2.45, 2.75) is 5.92 Å². The molecule has 1 aliphatic rings. The molecule has 2 rings (SSSR count). The van der Waals surface area contributed by atoms with E-state index in [-0.39, 0.29) is 0 Å². The molecule has 0 radical (unpaired) electrons. The third kappa shape index (κ3) is 1.22. The molecule has 0 aromatic heterocycles. The quantitative estimate of drug-likeness (QED) is 0.566. The fourth-order valence-electron chi connectivity index (χ4n) is 1.28. The van der Waals surface area contributed by atoms with Crippen molar-refractivity contribution >= 4 is 0 Å². The van der Waals surface area contributed by atoms with Gasteiger partial charge in [-0.1, -0.05) is 18.1 Å². The van der Waals surface area contributed by atoms with Crippen molar-refractivity contribution in [2.75, 3.05) is 13.2 Å². The summed E-state index contributed by atoms with van der Waals surface area (Å²) in [5.41, 5.74) is 2.28. The number of hydrogen-bond donors (Lipinski definition) is 0. The Morgan fingerprint density at radius 2 is 1.92 bits per heavy atom. The first-order valence-electron chi connectivity index (χ1n) is 4.04. The summed E-state index contributed by atoms with van der Waals surface area (Å²) in [6.07, 6.45) is 5.25. The Morgan fingerprint density at radius 3 is 2.33 bits per heavy atom. The lowest BCUT2D eigenvalue weighted by Gasteiger charge is -2.26. The van der Waals surface area contributed by atoms with Gasteiger partial charge in [-0.25, -0.2) is 0 Å². The molecular formula is C11H10O. The van der Waals surface area contributed by atoms with Gasteiger partial charge in [-0.3, -0.25) is 0 Å². The molecule has 1 fully saturated rings. The molecule has 0 saturated carbocycles. The van der Waals surface area contributed by atoms with Gasteiger partial charge in [-0.05, 0) is 17.7 Å². The fourth-order valence-corrected chi connectivity index (χ4v) is 1.28. The van der Waals surface area contributed by atoms with Crippen molar-refractivity contribution in [3.8, 4) is 12.3 Å². The van der Waals surface area contributed by atoms with Crippen LogP contribution in [0.15, 0.2) is 24.3 Å². The molecule has 0 unspecified atom stereocenters. The minimum absolute atomic E-state index is 0.594. The van der Waals surface area contributed by atoms with Gasteiger partial charge in [0.05, 0.1) is 13.2 Å². The van der Waals surface area contributed by atoms with Crippen LogP contribution < -0.4 is 0 Å². The molecule has 1 heterocycles. The predicted octanol–water partition coefficient (Wildman–Crippen LogP) is 1.78. The topological polar surface area (TPSA) is 9.23 Å². The van der Waals surface area contributed by atoms with Crippen LogP contribution in [-0.2, 0) is 4.74 Å². The minimum Gasteiger partial charge on any atom is -0.380 e. The maximum atomic E-state index is 5.25. The van der Waals surface area contributed by atoms with E-state index in [1.54, 1.807) is 0 Å². The summed E-state index contributed by atoms with van der Waals surface area (Å²) in [6, 6.07) is 8.13. The highest BCUT2D eigenvalue weighted by molar-refractivity contribution is 5.35. The maximum Gasteiger partial charge on any atom is 0.0557 e. The van der Waals surface area contributed by atoms with Gasteiger partial charge in [-0.15, -0.1) is 6.42 Å². The second-order valence-corrected chi connectivity index (χ2v) is 3.00. The summed E-state index contributed by atoms with van der Waals surface area (Å²) in [6.45, 7) is 1.71. The van der Waals surface area contributed by atoms with Gasteiger partial charge in [0.15, 0.2) is 0 Å². The molecule has 0 amide bonds. The third-order valence-electron chi connectivity index (χ3n) is 2.19. The smallest absolute Gasteiger partial charge is 0.0557 e. The zero-order chi connectivity index (χ0) is 8.39. The van der Waals surface area contributed by atoms with E-state index in [1.165, 1.54) is 5.56 Å². The van der Waals surface area contributed by atoms with Gasteiger partial charge in [0.2, 0.25) is 0 Å². The maximum absolute atomic E-state index is 5.25. The zero-order valence-electron chi connectivity index (χ0n) is 6.79. The summed E-state index contributed by atoms with van der Waals surface area (Å²) >= 11 is 0. The lowest BCUT2D eigenvalue weighted by molar-refractivity contribution is 0.00842. The Balaban J connectivity index is 2.19. The molecule has 1 aliphatic heterocycles. The van der Waals surface area contributed by atoms with Gasteiger partial charge in [0.25, 0.3) is 0 Å². The Morgan fingerprint density at radius 1 is 1.25 bits per heavy atom. The van der Waals surface area contributed by atoms with Crippen molar-refractivity contribution in [3.05, 3.63) is 35.4 Å². The number of ether oxygens (including phenoxy) is 1. The Hall–Kier alpha value is -1.26. The van der Waals surface area contributed by atoms with Gasteiger partial charge in [0, 0.05) is 11.5 Å². The van der Waals surface area contributed by atoms with E-state index in [4.69, 9.17) is 11.2 Å². The molecule has 0 atom stereocenters. The van der Waals surface area contributed by atoms with Crippen LogP contribution in [0.3, 0.4) is 0 Å². The molecule has 1 nitrogen and oxygen atoms in total. The van der Waals surface area contributed by atoms with Gasteiger partial charge in [-0.2, -0.15) is 0 Å². The third-order valence-corrected chi connectivity index (χ3v) is 2.19. The van der Waals surface area contributed by atoms with E-state index in [2.05, 4.69) is 18.1 Å². The molecule has 0 bridgehead atoms. The van der Waals surface area contributed by atoms with Gasteiger partial charge in [0.1, 0.15) is 0 Å². The molecular weight excluding hydrogens is 148 g/mol. The minimum atomic E-state index is 0.594. The molecule has 0 spiro atoms. The average Bonchev–Trinajstić information content (AvgIpc) is 2.03. The first-order valence-corrected chi connectivity index (χ1v) is 4.04. The van der Waals surface area contributed by atoms with Crippen molar-refractivity contribution in [3.63, 3.8) is 0 Å². The average molecular weight is 158 g/mol. The normalized spacial score (nSPS) is 16.6. The second kappa shape index (κ2) is 3.00. The molecule has 60 valence electrons. The fraction of sp³-hybridized carbons (Fsp3) is 0.273. The largest absolute Gasteiger partial charge is 0.380 e. The summed E-state index contributed by atoms with van der Waals surface area (Å²) < 4.78 is 5.11. The number of rotatable bonds is 1. The lowest BCUT2D eigenvalue weighted by Crippen LogP contribution is -2.24. The van der Waals surface area contributed by atoms with E-state index in [9.17, 15) is 0 Å². The van der Waals surface area contributed by atoms with E-state index < -0.39 is 0 Å². The van der Waals surface area contributed by atoms with Crippen molar-refractivity contribution < 1.29 is 4.74 Å². The molecule has 1 saturated heterocycles. The van der Waals surface area contributed by atoms with Crippen molar-refractivity contribution in [1.82, 2.24) is 0 Å². The molecule has 0 aliphatic carbocycles. The number of benzene rings is 1. The Labute approximate surface area is 72.4 Å². The number of hydrogen-bond acceptors (Lipinski definition) is 1.